The highest BCUT2D eigenvalue weighted by molar-refractivity contribution is 6.30. The molecule has 0 saturated heterocycles. The van der Waals surface area contributed by atoms with Gasteiger partial charge in [0, 0.05) is 5.56 Å². The molecule has 0 amide bonds. The number of rotatable bonds is 4. The van der Waals surface area contributed by atoms with Crippen molar-refractivity contribution in [3.63, 3.8) is 0 Å². The summed E-state index contributed by atoms with van der Waals surface area (Å²) >= 11 is 5.69. The molecule has 0 unspecified atom stereocenters. The quantitative estimate of drug-likeness (QED) is 0.913. The Morgan fingerprint density at radius 3 is 2.53 bits per heavy atom. The fourth-order valence-corrected chi connectivity index (χ4v) is 1.86. The largest absolute Gasteiger partial charge is 0.489 e. The molecule has 100 valence electrons. The first-order valence-corrected chi connectivity index (χ1v) is 6.29. The Morgan fingerprint density at radius 1 is 1.21 bits per heavy atom. The van der Waals surface area contributed by atoms with Crippen LogP contribution in [0.3, 0.4) is 0 Å². The zero-order valence-electron chi connectivity index (χ0n) is 10.4. The Morgan fingerprint density at radius 2 is 1.89 bits per heavy atom. The number of hydrogen-bond acceptors (Lipinski definition) is 2. The predicted molar refractivity (Wildman–Crippen MR) is 72.8 cm³/mol. The van der Waals surface area contributed by atoms with Crippen LogP contribution in [0.1, 0.15) is 24.2 Å². The number of ether oxygens (including phenoxy) is 1. The van der Waals surface area contributed by atoms with Gasteiger partial charge in [0.05, 0.1) is 11.1 Å². The van der Waals surface area contributed by atoms with Crippen LogP contribution < -0.4 is 4.74 Å². The van der Waals surface area contributed by atoms with Crippen molar-refractivity contribution in [2.45, 2.75) is 19.6 Å². The molecule has 2 aromatic rings. The van der Waals surface area contributed by atoms with Gasteiger partial charge in [-0.2, -0.15) is 0 Å². The van der Waals surface area contributed by atoms with Crippen molar-refractivity contribution >= 4 is 11.6 Å². The molecule has 0 spiro atoms. The van der Waals surface area contributed by atoms with Gasteiger partial charge in [0.15, 0.2) is 0 Å². The number of aliphatic hydroxyl groups excluding tert-OH is 1. The summed E-state index contributed by atoms with van der Waals surface area (Å²) in [4.78, 5) is 0. The second kappa shape index (κ2) is 6.04. The normalized spacial score (nSPS) is 12.2. The lowest BCUT2D eigenvalue weighted by Crippen LogP contribution is -1.99. The third-order valence-electron chi connectivity index (χ3n) is 2.79. The van der Waals surface area contributed by atoms with Crippen molar-refractivity contribution < 1.29 is 14.2 Å². The Kier molecular flexibility index (Phi) is 4.40. The molecule has 0 fully saturated rings. The Hall–Kier alpha value is -1.58. The summed E-state index contributed by atoms with van der Waals surface area (Å²) in [7, 11) is 0. The molecule has 2 nitrogen and oxygen atoms in total. The minimum absolute atomic E-state index is 0.0885. The molecule has 1 atom stereocenters. The molecule has 0 saturated carbocycles. The molecule has 2 aromatic carbocycles. The molecule has 4 heteroatoms. The van der Waals surface area contributed by atoms with Gasteiger partial charge in [0.1, 0.15) is 18.2 Å². The summed E-state index contributed by atoms with van der Waals surface area (Å²) < 4.78 is 19.1. The zero-order chi connectivity index (χ0) is 13.8. The van der Waals surface area contributed by atoms with Crippen molar-refractivity contribution in [1.29, 1.82) is 0 Å². The lowest BCUT2D eigenvalue weighted by Gasteiger charge is -2.09. The average molecular weight is 281 g/mol. The van der Waals surface area contributed by atoms with E-state index in [0.717, 1.165) is 5.56 Å². The van der Waals surface area contributed by atoms with Gasteiger partial charge in [-0.15, -0.1) is 0 Å². The van der Waals surface area contributed by atoms with E-state index in [0.29, 0.717) is 11.3 Å². The van der Waals surface area contributed by atoms with E-state index < -0.39 is 11.9 Å². The van der Waals surface area contributed by atoms with Gasteiger partial charge in [-0.1, -0.05) is 35.9 Å². The number of hydrogen-bond donors (Lipinski definition) is 1. The molecule has 0 aliphatic carbocycles. The van der Waals surface area contributed by atoms with Crippen LogP contribution in [0.4, 0.5) is 4.39 Å². The minimum Gasteiger partial charge on any atom is -0.489 e. The molecule has 19 heavy (non-hydrogen) atoms. The molecule has 2 rings (SSSR count). The second-order valence-electron chi connectivity index (χ2n) is 4.25. The zero-order valence-corrected chi connectivity index (χ0v) is 11.2. The minimum atomic E-state index is -0.514. The Bertz CT molecular complexity index is 553. The average Bonchev–Trinajstić information content (AvgIpc) is 2.41. The van der Waals surface area contributed by atoms with E-state index in [2.05, 4.69) is 0 Å². The molecule has 0 bridgehead atoms. The summed E-state index contributed by atoms with van der Waals surface area (Å²) in [6.07, 6.45) is -0.514. The monoisotopic (exact) mass is 280 g/mol. The summed E-state index contributed by atoms with van der Waals surface area (Å²) in [5.74, 6) is 0.161. The number of benzene rings is 2. The molecule has 0 aliphatic rings. The van der Waals surface area contributed by atoms with Crippen molar-refractivity contribution in [1.82, 2.24) is 0 Å². The van der Waals surface area contributed by atoms with Gasteiger partial charge in [-0.05, 0) is 30.7 Å². The van der Waals surface area contributed by atoms with E-state index >= 15 is 0 Å². The van der Waals surface area contributed by atoms with Crippen molar-refractivity contribution in [2.75, 3.05) is 0 Å². The molecule has 0 radical (unpaired) electrons. The van der Waals surface area contributed by atoms with Crippen molar-refractivity contribution in [3.8, 4) is 5.75 Å². The van der Waals surface area contributed by atoms with Crippen molar-refractivity contribution in [3.05, 3.63) is 64.4 Å². The first-order valence-electron chi connectivity index (χ1n) is 5.91. The fourth-order valence-electron chi connectivity index (χ4n) is 1.66. The van der Waals surface area contributed by atoms with E-state index in [4.69, 9.17) is 16.3 Å². The fraction of sp³-hybridized carbons (Fsp3) is 0.200. The van der Waals surface area contributed by atoms with Crippen LogP contribution >= 0.6 is 11.6 Å². The molecular formula is C15H14ClFO2. The van der Waals surface area contributed by atoms with Crippen LogP contribution in [0.5, 0.6) is 5.75 Å². The van der Waals surface area contributed by atoms with Gasteiger partial charge in [-0.25, -0.2) is 4.39 Å². The maximum atomic E-state index is 13.6. The van der Waals surface area contributed by atoms with Crippen LogP contribution in [-0.2, 0) is 6.61 Å². The van der Waals surface area contributed by atoms with E-state index in [1.54, 1.807) is 43.3 Å². The lowest BCUT2D eigenvalue weighted by atomic mass is 10.1. The van der Waals surface area contributed by atoms with Crippen LogP contribution in [-0.4, -0.2) is 5.11 Å². The number of aliphatic hydroxyl groups is 1. The highest BCUT2D eigenvalue weighted by atomic mass is 35.5. The van der Waals surface area contributed by atoms with E-state index in [1.807, 2.05) is 0 Å². The summed E-state index contributed by atoms with van der Waals surface area (Å²) in [5.41, 5.74) is 1.22. The smallest absolute Gasteiger partial charge is 0.148 e. The number of halogens is 2. The van der Waals surface area contributed by atoms with Crippen molar-refractivity contribution in [2.24, 2.45) is 0 Å². The molecular weight excluding hydrogens is 267 g/mol. The molecule has 0 aliphatic heterocycles. The summed E-state index contributed by atoms with van der Waals surface area (Å²) in [5, 5.41) is 9.47. The third kappa shape index (κ3) is 3.46. The van der Waals surface area contributed by atoms with Crippen LogP contribution in [0.2, 0.25) is 5.02 Å². The molecule has 1 N–H and O–H groups in total. The maximum Gasteiger partial charge on any atom is 0.148 e. The van der Waals surface area contributed by atoms with Crippen LogP contribution in [0, 0.1) is 5.82 Å². The predicted octanol–water partition coefficient (Wildman–Crippen LogP) is 4.11. The van der Waals surface area contributed by atoms with E-state index in [9.17, 15) is 9.50 Å². The Labute approximate surface area is 116 Å². The highest BCUT2D eigenvalue weighted by Crippen LogP contribution is 2.21. The second-order valence-corrected chi connectivity index (χ2v) is 4.65. The van der Waals surface area contributed by atoms with E-state index in [-0.39, 0.29) is 11.6 Å². The van der Waals surface area contributed by atoms with Crippen LogP contribution in [0.25, 0.3) is 0 Å². The Balaban J connectivity index is 2.04. The highest BCUT2D eigenvalue weighted by Gasteiger charge is 2.07. The summed E-state index contributed by atoms with van der Waals surface area (Å²) in [6.45, 7) is 1.80. The third-order valence-corrected chi connectivity index (χ3v) is 3.08. The van der Waals surface area contributed by atoms with Gasteiger partial charge in [-0.3, -0.25) is 0 Å². The molecule has 0 heterocycles. The SMILES string of the molecule is C[C@@H](O)c1ccc(OCc2cccc(Cl)c2F)cc1. The standard InChI is InChI=1S/C15H14ClFO2/c1-10(18)11-5-7-13(8-6-11)19-9-12-3-2-4-14(16)15(12)17/h2-8,10,18H,9H2,1H3/t10-/m1/s1. The topological polar surface area (TPSA) is 29.5 Å². The maximum absolute atomic E-state index is 13.6. The first kappa shape index (κ1) is 13.8. The molecule has 0 aromatic heterocycles. The van der Waals surface area contributed by atoms with E-state index in [1.165, 1.54) is 6.07 Å². The van der Waals surface area contributed by atoms with Gasteiger partial charge in [0.2, 0.25) is 0 Å². The van der Waals surface area contributed by atoms with Gasteiger partial charge < -0.3 is 9.84 Å². The van der Waals surface area contributed by atoms with Gasteiger partial charge in [0.25, 0.3) is 0 Å². The lowest BCUT2D eigenvalue weighted by molar-refractivity contribution is 0.199. The van der Waals surface area contributed by atoms with Crippen LogP contribution in [0.15, 0.2) is 42.5 Å². The van der Waals surface area contributed by atoms with Gasteiger partial charge >= 0.3 is 0 Å². The first-order chi connectivity index (χ1) is 9.08. The summed E-state index contributed by atoms with van der Waals surface area (Å²) in [6, 6.07) is 11.8.